The largest absolute Gasteiger partial charge is 0.488 e. The molecular weight excluding hydrogens is 578 g/mol. The van der Waals surface area contributed by atoms with Crippen LogP contribution in [0.2, 0.25) is 0 Å². The Hall–Kier alpha value is -5.56. The van der Waals surface area contributed by atoms with Crippen LogP contribution in [0.1, 0.15) is 63.7 Å². The number of nitrogen functional groups attached to an aromatic ring is 1. The van der Waals surface area contributed by atoms with E-state index in [1.54, 1.807) is 39.0 Å². The van der Waals surface area contributed by atoms with Crippen LogP contribution in [0.4, 0.5) is 5.69 Å². The number of rotatable bonds is 12. The van der Waals surface area contributed by atoms with Crippen molar-refractivity contribution in [1.29, 1.82) is 0 Å². The molecule has 0 saturated carbocycles. The summed E-state index contributed by atoms with van der Waals surface area (Å²) in [6, 6.07) is 36.8. The number of anilines is 1. The van der Waals surface area contributed by atoms with Gasteiger partial charge in [0.1, 0.15) is 48.2 Å². The van der Waals surface area contributed by atoms with Crippen LogP contribution in [-0.2, 0) is 24.6 Å². The number of ketones is 1. The first-order valence-electron chi connectivity index (χ1n) is 15.0. The van der Waals surface area contributed by atoms with E-state index < -0.39 is 17.4 Å². The van der Waals surface area contributed by atoms with Gasteiger partial charge in [-0.2, -0.15) is 0 Å². The maximum absolute atomic E-state index is 14.6. The SMILES string of the molecule is CC(C)(C)OC(=O)c1cc(OCc2ccccc2)c(C(=O)c2c(N)cccc2OCc2ccccc2)c(OCc2ccccc2)c1. The van der Waals surface area contributed by atoms with Crippen molar-refractivity contribution in [3.63, 3.8) is 0 Å². The number of carbonyl (C=O) groups is 2. The van der Waals surface area contributed by atoms with Crippen molar-refractivity contribution < 1.29 is 28.5 Å². The zero-order valence-electron chi connectivity index (χ0n) is 26.2. The molecular formula is C39H37NO6. The molecule has 0 fully saturated rings. The molecule has 0 aliphatic heterocycles. The van der Waals surface area contributed by atoms with Gasteiger partial charge in [0.15, 0.2) is 0 Å². The molecule has 0 amide bonds. The third-order valence-corrected chi connectivity index (χ3v) is 6.92. The van der Waals surface area contributed by atoms with Crippen molar-refractivity contribution >= 4 is 17.4 Å². The molecule has 0 spiro atoms. The Labute approximate surface area is 269 Å². The molecule has 46 heavy (non-hydrogen) atoms. The second kappa shape index (κ2) is 14.5. The zero-order chi connectivity index (χ0) is 32.5. The first kappa shape index (κ1) is 31.9. The van der Waals surface area contributed by atoms with Crippen molar-refractivity contribution in [2.45, 2.75) is 46.2 Å². The Kier molecular flexibility index (Phi) is 10.0. The molecule has 0 atom stereocenters. The molecule has 5 rings (SSSR count). The van der Waals surface area contributed by atoms with E-state index in [9.17, 15) is 9.59 Å². The van der Waals surface area contributed by atoms with Crippen LogP contribution in [0.3, 0.4) is 0 Å². The molecule has 7 nitrogen and oxygen atoms in total. The summed E-state index contributed by atoms with van der Waals surface area (Å²) >= 11 is 0. The van der Waals surface area contributed by atoms with Gasteiger partial charge in [-0.1, -0.05) is 97.1 Å². The lowest BCUT2D eigenvalue weighted by molar-refractivity contribution is 0.00683. The molecule has 0 aliphatic carbocycles. The van der Waals surface area contributed by atoms with Crippen molar-refractivity contribution in [3.05, 3.63) is 155 Å². The molecule has 0 aliphatic rings. The predicted molar refractivity (Wildman–Crippen MR) is 178 cm³/mol. The third-order valence-electron chi connectivity index (χ3n) is 6.92. The minimum Gasteiger partial charge on any atom is -0.488 e. The van der Waals surface area contributed by atoms with E-state index in [4.69, 9.17) is 24.7 Å². The molecule has 0 heterocycles. The van der Waals surface area contributed by atoms with Crippen molar-refractivity contribution in [3.8, 4) is 17.2 Å². The third kappa shape index (κ3) is 8.33. The molecule has 5 aromatic rings. The topological polar surface area (TPSA) is 97.1 Å². The first-order chi connectivity index (χ1) is 22.2. The summed E-state index contributed by atoms with van der Waals surface area (Å²) in [5.41, 5.74) is 9.08. The second-order valence-corrected chi connectivity index (χ2v) is 11.7. The number of hydrogen-bond donors (Lipinski definition) is 1. The van der Waals surface area contributed by atoms with E-state index in [2.05, 4.69) is 0 Å². The Bertz CT molecular complexity index is 1720. The van der Waals surface area contributed by atoms with Crippen molar-refractivity contribution in [2.75, 3.05) is 5.73 Å². The van der Waals surface area contributed by atoms with Crippen LogP contribution in [-0.4, -0.2) is 17.4 Å². The van der Waals surface area contributed by atoms with Crippen LogP contribution in [0.5, 0.6) is 17.2 Å². The quantitative estimate of drug-likeness (QED) is 0.0859. The van der Waals surface area contributed by atoms with Crippen LogP contribution in [0.15, 0.2) is 121 Å². The van der Waals surface area contributed by atoms with E-state index in [0.29, 0.717) is 5.75 Å². The fourth-order valence-electron chi connectivity index (χ4n) is 4.74. The standard InChI is InChI=1S/C39H37NO6/c1-39(2,3)46-38(42)30-22-33(44-25-28-16-9-5-10-17-28)36(34(23-30)45-26-29-18-11-6-12-19-29)37(41)35-31(40)20-13-21-32(35)43-24-27-14-7-4-8-15-27/h4-23H,24-26,40H2,1-3H3. The lowest BCUT2D eigenvalue weighted by Crippen LogP contribution is -2.24. The summed E-state index contributed by atoms with van der Waals surface area (Å²) in [6.45, 7) is 5.88. The van der Waals surface area contributed by atoms with Crippen LogP contribution >= 0.6 is 0 Å². The normalized spacial score (nSPS) is 11.0. The molecule has 7 heteroatoms. The second-order valence-electron chi connectivity index (χ2n) is 11.7. The summed E-state index contributed by atoms with van der Waals surface area (Å²) in [5.74, 6) is -0.432. The summed E-state index contributed by atoms with van der Waals surface area (Å²) in [6.07, 6.45) is 0. The first-order valence-corrected chi connectivity index (χ1v) is 15.0. The number of carbonyl (C=O) groups excluding carboxylic acids is 2. The highest BCUT2D eigenvalue weighted by molar-refractivity contribution is 6.17. The highest BCUT2D eigenvalue weighted by Gasteiger charge is 2.29. The van der Waals surface area contributed by atoms with Gasteiger partial charge in [0.25, 0.3) is 0 Å². The number of nitrogens with two attached hydrogens (primary N) is 1. The maximum atomic E-state index is 14.6. The fraction of sp³-hybridized carbons (Fsp3) is 0.179. The Morgan fingerprint density at radius 1 is 0.565 bits per heavy atom. The average Bonchev–Trinajstić information content (AvgIpc) is 3.05. The van der Waals surface area contributed by atoms with Gasteiger partial charge in [-0.05, 0) is 61.7 Å². The van der Waals surface area contributed by atoms with E-state index in [1.165, 1.54) is 12.1 Å². The predicted octanol–water partition coefficient (Wildman–Crippen LogP) is 8.19. The minimum atomic E-state index is -0.745. The molecule has 0 radical (unpaired) electrons. The molecule has 234 valence electrons. The Morgan fingerprint density at radius 2 is 1.00 bits per heavy atom. The molecule has 0 saturated heterocycles. The lowest BCUT2D eigenvalue weighted by Gasteiger charge is -2.22. The highest BCUT2D eigenvalue weighted by atomic mass is 16.6. The molecule has 0 bridgehead atoms. The van der Waals surface area contributed by atoms with E-state index in [-0.39, 0.29) is 53.7 Å². The number of esters is 1. The van der Waals surface area contributed by atoms with Gasteiger partial charge in [-0.15, -0.1) is 0 Å². The summed E-state index contributed by atoms with van der Waals surface area (Å²) in [4.78, 5) is 28.0. The smallest absolute Gasteiger partial charge is 0.338 e. The average molecular weight is 616 g/mol. The zero-order valence-corrected chi connectivity index (χ0v) is 26.2. The van der Waals surface area contributed by atoms with Gasteiger partial charge in [0.2, 0.25) is 5.78 Å². The van der Waals surface area contributed by atoms with Crippen LogP contribution < -0.4 is 19.9 Å². The molecule has 5 aromatic carbocycles. The van der Waals surface area contributed by atoms with Gasteiger partial charge in [-0.3, -0.25) is 4.79 Å². The van der Waals surface area contributed by atoms with Crippen LogP contribution in [0, 0.1) is 0 Å². The summed E-state index contributed by atoms with van der Waals surface area (Å²) in [5, 5.41) is 0. The van der Waals surface area contributed by atoms with Gasteiger partial charge in [0.05, 0.1) is 11.1 Å². The van der Waals surface area contributed by atoms with Gasteiger partial charge in [-0.25, -0.2) is 4.79 Å². The van der Waals surface area contributed by atoms with Gasteiger partial charge < -0.3 is 24.7 Å². The summed E-state index contributed by atoms with van der Waals surface area (Å²) < 4.78 is 24.4. The monoisotopic (exact) mass is 615 g/mol. The number of ether oxygens (including phenoxy) is 4. The van der Waals surface area contributed by atoms with Gasteiger partial charge >= 0.3 is 5.97 Å². The highest BCUT2D eigenvalue weighted by Crippen LogP contribution is 2.38. The molecule has 0 unspecified atom stereocenters. The van der Waals surface area contributed by atoms with Crippen LogP contribution in [0.25, 0.3) is 0 Å². The molecule has 0 aromatic heterocycles. The van der Waals surface area contributed by atoms with Crippen molar-refractivity contribution in [1.82, 2.24) is 0 Å². The Morgan fingerprint density at radius 3 is 1.43 bits per heavy atom. The van der Waals surface area contributed by atoms with Gasteiger partial charge in [0, 0.05) is 5.69 Å². The van der Waals surface area contributed by atoms with E-state index in [0.717, 1.165) is 16.7 Å². The lowest BCUT2D eigenvalue weighted by atomic mass is 9.97. The Balaban J connectivity index is 1.61. The summed E-state index contributed by atoms with van der Waals surface area (Å²) in [7, 11) is 0. The number of hydrogen-bond acceptors (Lipinski definition) is 7. The molecule has 2 N–H and O–H groups in total. The van der Waals surface area contributed by atoms with E-state index >= 15 is 0 Å². The van der Waals surface area contributed by atoms with Crippen molar-refractivity contribution in [2.24, 2.45) is 0 Å². The number of benzene rings is 5. The maximum Gasteiger partial charge on any atom is 0.338 e. The minimum absolute atomic E-state index is 0.113. The fourth-order valence-corrected chi connectivity index (χ4v) is 4.74. The van der Waals surface area contributed by atoms with E-state index in [1.807, 2.05) is 91.0 Å².